The average molecular weight is 323 g/mol. The third-order valence-electron chi connectivity index (χ3n) is 5.62. The van der Waals surface area contributed by atoms with Crippen LogP contribution < -0.4 is 5.32 Å². The average Bonchev–Trinajstić information content (AvgIpc) is 2.78. The normalized spacial score (nSPS) is 35.6. The zero-order chi connectivity index (χ0) is 13.8. The second-order valence-corrected chi connectivity index (χ2v) is 8.07. The Balaban J connectivity index is 1.90. The van der Waals surface area contributed by atoms with Crippen LogP contribution in [-0.4, -0.2) is 11.0 Å². The van der Waals surface area contributed by atoms with E-state index < -0.39 is 0 Å². The molecule has 1 heterocycles. The van der Waals surface area contributed by atoms with Gasteiger partial charge in [0.15, 0.2) is 0 Å². The van der Waals surface area contributed by atoms with E-state index in [9.17, 15) is 0 Å². The fourth-order valence-electron chi connectivity index (χ4n) is 4.50. The third kappa shape index (κ3) is 2.01. The molecular formula is C16H23BrN2. The lowest BCUT2D eigenvalue weighted by atomic mass is 9.68. The zero-order valence-electron chi connectivity index (χ0n) is 12.3. The molecule has 2 saturated carbocycles. The molecule has 3 unspecified atom stereocenters. The molecule has 1 aromatic heterocycles. The Bertz CT molecular complexity index is 507. The van der Waals surface area contributed by atoms with E-state index in [1.165, 1.54) is 24.9 Å². The van der Waals surface area contributed by atoms with Gasteiger partial charge in [-0.1, -0.05) is 20.8 Å². The van der Waals surface area contributed by atoms with Gasteiger partial charge >= 0.3 is 0 Å². The number of pyridine rings is 1. The van der Waals surface area contributed by atoms with E-state index in [0.29, 0.717) is 16.9 Å². The summed E-state index contributed by atoms with van der Waals surface area (Å²) in [6, 6.07) is 4.73. The van der Waals surface area contributed by atoms with Crippen LogP contribution >= 0.6 is 15.9 Å². The maximum Gasteiger partial charge on any atom is 0.106 e. The van der Waals surface area contributed by atoms with Crippen LogP contribution in [0.15, 0.2) is 16.7 Å². The summed E-state index contributed by atoms with van der Waals surface area (Å²) in [7, 11) is 0. The van der Waals surface area contributed by atoms with Gasteiger partial charge in [-0.2, -0.15) is 0 Å². The largest absolute Gasteiger partial charge is 0.380 e. The molecule has 3 heteroatoms. The molecular weight excluding hydrogens is 300 g/mol. The number of anilines is 1. The molecule has 19 heavy (non-hydrogen) atoms. The van der Waals surface area contributed by atoms with Crippen molar-refractivity contribution in [1.29, 1.82) is 0 Å². The summed E-state index contributed by atoms with van der Waals surface area (Å²) in [5.74, 6) is 0.874. The Morgan fingerprint density at radius 2 is 2.05 bits per heavy atom. The van der Waals surface area contributed by atoms with Crippen molar-refractivity contribution in [3.63, 3.8) is 0 Å². The van der Waals surface area contributed by atoms with Gasteiger partial charge in [0.2, 0.25) is 0 Å². The number of hydrogen-bond donors (Lipinski definition) is 1. The molecule has 2 aliphatic rings. The van der Waals surface area contributed by atoms with Gasteiger partial charge in [0.25, 0.3) is 0 Å². The van der Waals surface area contributed by atoms with Crippen LogP contribution in [0.2, 0.25) is 0 Å². The Hall–Kier alpha value is -0.570. The highest BCUT2D eigenvalue weighted by Gasteiger charge is 2.59. The van der Waals surface area contributed by atoms with E-state index in [1.54, 1.807) is 0 Å². The molecule has 0 radical (unpaired) electrons. The highest BCUT2D eigenvalue weighted by atomic mass is 79.9. The molecule has 104 valence electrons. The highest BCUT2D eigenvalue weighted by molar-refractivity contribution is 9.10. The fourth-order valence-corrected chi connectivity index (χ4v) is 4.90. The van der Waals surface area contributed by atoms with Gasteiger partial charge in [-0.05, 0) is 71.0 Å². The smallest absolute Gasteiger partial charge is 0.106 e. The summed E-state index contributed by atoms with van der Waals surface area (Å²) in [5, 5.41) is 3.82. The van der Waals surface area contributed by atoms with Crippen LogP contribution in [0.3, 0.4) is 0 Å². The first-order valence-electron chi connectivity index (χ1n) is 7.23. The van der Waals surface area contributed by atoms with Crippen molar-refractivity contribution in [1.82, 2.24) is 4.98 Å². The number of hydrogen-bond acceptors (Lipinski definition) is 2. The third-order valence-corrected chi connectivity index (χ3v) is 6.06. The van der Waals surface area contributed by atoms with E-state index in [2.05, 4.69) is 60.0 Å². The predicted molar refractivity (Wildman–Crippen MR) is 83.3 cm³/mol. The van der Waals surface area contributed by atoms with Crippen molar-refractivity contribution in [2.45, 2.75) is 53.0 Å². The van der Waals surface area contributed by atoms with Gasteiger partial charge in [-0.3, -0.25) is 0 Å². The number of halogens is 1. The van der Waals surface area contributed by atoms with Crippen LogP contribution in [0, 0.1) is 23.7 Å². The first-order valence-corrected chi connectivity index (χ1v) is 8.02. The van der Waals surface area contributed by atoms with Crippen molar-refractivity contribution in [3.05, 3.63) is 22.4 Å². The Labute approximate surface area is 124 Å². The lowest BCUT2D eigenvalue weighted by molar-refractivity contribution is 0.155. The number of rotatable bonds is 2. The fraction of sp³-hybridized carbons (Fsp3) is 0.688. The van der Waals surface area contributed by atoms with Gasteiger partial charge in [0.05, 0.1) is 11.4 Å². The number of aromatic nitrogens is 1. The minimum Gasteiger partial charge on any atom is -0.380 e. The Morgan fingerprint density at radius 1 is 1.32 bits per heavy atom. The van der Waals surface area contributed by atoms with Crippen molar-refractivity contribution in [2.75, 3.05) is 5.32 Å². The lowest BCUT2D eigenvalue weighted by Gasteiger charge is -2.43. The first kappa shape index (κ1) is 13.4. The molecule has 0 saturated heterocycles. The van der Waals surface area contributed by atoms with Crippen LogP contribution in [0.4, 0.5) is 5.69 Å². The summed E-state index contributed by atoms with van der Waals surface area (Å²) < 4.78 is 0.911. The minimum absolute atomic E-state index is 0.381. The Morgan fingerprint density at radius 3 is 2.63 bits per heavy atom. The SMILES string of the molecule is Cc1nc(Br)ccc1NC1C2(C)CCC(C2)C1(C)C. The lowest BCUT2D eigenvalue weighted by Crippen LogP contribution is -2.45. The van der Waals surface area contributed by atoms with Crippen molar-refractivity contribution in [2.24, 2.45) is 16.7 Å². The maximum atomic E-state index is 4.50. The first-order chi connectivity index (χ1) is 8.83. The quantitative estimate of drug-likeness (QED) is 0.792. The number of fused-ring (bicyclic) bond motifs is 2. The van der Waals surface area contributed by atoms with Crippen LogP contribution in [0.5, 0.6) is 0 Å². The van der Waals surface area contributed by atoms with Gasteiger partial charge < -0.3 is 5.32 Å². The molecule has 0 amide bonds. The predicted octanol–water partition coefficient (Wildman–Crippen LogP) is 4.78. The highest BCUT2D eigenvalue weighted by Crippen LogP contribution is 2.63. The van der Waals surface area contributed by atoms with Crippen molar-refractivity contribution >= 4 is 21.6 Å². The maximum absolute atomic E-state index is 4.50. The molecule has 2 bridgehead atoms. The zero-order valence-corrected chi connectivity index (χ0v) is 13.8. The molecule has 2 nitrogen and oxygen atoms in total. The molecule has 2 fully saturated rings. The number of aryl methyl sites for hydroxylation is 1. The molecule has 0 spiro atoms. The van der Waals surface area contributed by atoms with Crippen molar-refractivity contribution in [3.8, 4) is 0 Å². The summed E-state index contributed by atoms with van der Waals surface area (Å²) >= 11 is 3.44. The molecule has 0 aliphatic heterocycles. The van der Waals surface area contributed by atoms with Gasteiger partial charge in [0, 0.05) is 6.04 Å². The van der Waals surface area contributed by atoms with E-state index in [4.69, 9.17) is 0 Å². The van der Waals surface area contributed by atoms with E-state index >= 15 is 0 Å². The molecule has 0 aromatic carbocycles. The van der Waals surface area contributed by atoms with Crippen LogP contribution in [-0.2, 0) is 0 Å². The summed E-state index contributed by atoms with van der Waals surface area (Å²) in [6.07, 6.45) is 4.14. The van der Waals surface area contributed by atoms with Gasteiger partial charge in [-0.25, -0.2) is 4.98 Å². The van der Waals surface area contributed by atoms with Crippen molar-refractivity contribution < 1.29 is 0 Å². The van der Waals surface area contributed by atoms with E-state index in [1.807, 2.05) is 6.07 Å². The second kappa shape index (κ2) is 4.21. The molecule has 3 rings (SSSR count). The van der Waals surface area contributed by atoms with Gasteiger partial charge in [0.1, 0.15) is 4.60 Å². The summed E-state index contributed by atoms with van der Waals surface area (Å²) in [4.78, 5) is 4.50. The molecule has 1 N–H and O–H groups in total. The number of nitrogens with zero attached hydrogens (tertiary/aromatic N) is 1. The second-order valence-electron chi connectivity index (χ2n) is 7.26. The monoisotopic (exact) mass is 322 g/mol. The van der Waals surface area contributed by atoms with Crippen LogP contribution in [0.1, 0.15) is 45.7 Å². The topological polar surface area (TPSA) is 24.9 Å². The van der Waals surface area contributed by atoms with Crippen LogP contribution in [0.25, 0.3) is 0 Å². The Kier molecular flexibility index (Phi) is 2.97. The van der Waals surface area contributed by atoms with E-state index in [0.717, 1.165) is 16.2 Å². The minimum atomic E-state index is 0.381. The van der Waals surface area contributed by atoms with E-state index in [-0.39, 0.29) is 0 Å². The summed E-state index contributed by atoms with van der Waals surface area (Å²) in [6.45, 7) is 9.40. The molecule has 2 aliphatic carbocycles. The standard InChI is InChI=1S/C16H23BrN2/c1-10-12(5-6-13(17)18-10)19-14-15(2,3)11-7-8-16(14,4)9-11/h5-6,11,14,19H,7-9H2,1-4H3. The number of nitrogens with one attached hydrogen (secondary N) is 1. The van der Waals surface area contributed by atoms with Gasteiger partial charge in [-0.15, -0.1) is 0 Å². The molecule has 1 aromatic rings. The molecule has 3 atom stereocenters. The summed E-state index contributed by atoms with van der Waals surface area (Å²) in [5.41, 5.74) is 3.10.